The third-order valence-electron chi connectivity index (χ3n) is 2.35. The number of aromatic nitrogens is 2. The zero-order chi connectivity index (χ0) is 10.1. The SMILES string of the molecule is Cn1ncc(Br)c1C(=O)C1CCCS1. The van der Waals surface area contributed by atoms with Gasteiger partial charge in [-0.1, -0.05) is 0 Å². The lowest BCUT2D eigenvalue weighted by molar-refractivity contribution is 0.0978. The quantitative estimate of drug-likeness (QED) is 0.776. The summed E-state index contributed by atoms with van der Waals surface area (Å²) in [6.45, 7) is 0. The summed E-state index contributed by atoms with van der Waals surface area (Å²) in [6.07, 6.45) is 3.82. The molecule has 14 heavy (non-hydrogen) atoms. The van der Waals surface area contributed by atoms with Gasteiger partial charge in [0, 0.05) is 7.05 Å². The van der Waals surface area contributed by atoms with E-state index in [0.717, 1.165) is 23.1 Å². The van der Waals surface area contributed by atoms with Gasteiger partial charge in [-0.15, -0.1) is 0 Å². The lowest BCUT2D eigenvalue weighted by Gasteiger charge is -2.07. The number of hydrogen-bond donors (Lipinski definition) is 0. The molecule has 0 saturated carbocycles. The average Bonchev–Trinajstić information content (AvgIpc) is 2.75. The molecule has 2 rings (SSSR count). The molecule has 0 bridgehead atoms. The van der Waals surface area contributed by atoms with E-state index in [0.29, 0.717) is 5.69 Å². The van der Waals surface area contributed by atoms with E-state index in [2.05, 4.69) is 21.0 Å². The Morgan fingerprint density at radius 2 is 2.57 bits per heavy atom. The number of carbonyl (C=O) groups is 1. The van der Waals surface area contributed by atoms with Crippen molar-refractivity contribution < 1.29 is 4.79 Å². The molecule has 0 amide bonds. The lowest BCUT2D eigenvalue weighted by Crippen LogP contribution is -2.18. The second kappa shape index (κ2) is 4.06. The molecule has 1 aliphatic heterocycles. The van der Waals surface area contributed by atoms with Gasteiger partial charge in [-0.25, -0.2) is 0 Å². The van der Waals surface area contributed by atoms with Crippen LogP contribution in [0.2, 0.25) is 0 Å². The number of thioether (sulfide) groups is 1. The van der Waals surface area contributed by atoms with Crippen LogP contribution in [0.1, 0.15) is 23.3 Å². The largest absolute Gasteiger partial charge is 0.291 e. The van der Waals surface area contributed by atoms with Crippen LogP contribution in [-0.4, -0.2) is 26.6 Å². The first-order valence-corrected chi connectivity index (χ1v) is 6.37. The number of rotatable bonds is 2. The van der Waals surface area contributed by atoms with Gasteiger partial charge in [0.2, 0.25) is 0 Å². The average molecular weight is 275 g/mol. The van der Waals surface area contributed by atoms with Crippen molar-refractivity contribution in [1.29, 1.82) is 0 Å². The van der Waals surface area contributed by atoms with Crippen LogP contribution in [0.5, 0.6) is 0 Å². The fourth-order valence-electron chi connectivity index (χ4n) is 1.62. The predicted molar refractivity (Wildman–Crippen MR) is 60.7 cm³/mol. The molecular weight excluding hydrogens is 264 g/mol. The molecule has 0 radical (unpaired) electrons. The Morgan fingerprint density at radius 3 is 3.07 bits per heavy atom. The lowest BCUT2D eigenvalue weighted by atomic mass is 10.1. The highest BCUT2D eigenvalue weighted by Gasteiger charge is 2.27. The monoisotopic (exact) mass is 274 g/mol. The number of nitrogens with zero attached hydrogens (tertiary/aromatic N) is 2. The minimum atomic E-state index is 0.140. The van der Waals surface area contributed by atoms with Crippen LogP contribution in [0.25, 0.3) is 0 Å². The van der Waals surface area contributed by atoms with E-state index < -0.39 is 0 Å². The van der Waals surface area contributed by atoms with E-state index in [1.807, 2.05) is 0 Å². The first-order chi connectivity index (χ1) is 6.70. The predicted octanol–water partition coefficient (Wildman–Crippen LogP) is 2.26. The molecular formula is C9H11BrN2OS. The van der Waals surface area contributed by atoms with E-state index >= 15 is 0 Å². The molecule has 3 nitrogen and oxygen atoms in total. The van der Waals surface area contributed by atoms with Gasteiger partial charge in [-0.2, -0.15) is 16.9 Å². The summed E-state index contributed by atoms with van der Waals surface area (Å²) < 4.78 is 2.45. The summed E-state index contributed by atoms with van der Waals surface area (Å²) >= 11 is 5.11. The summed E-state index contributed by atoms with van der Waals surface area (Å²) in [5, 5.41) is 4.19. The van der Waals surface area contributed by atoms with Gasteiger partial charge in [0.05, 0.1) is 15.9 Å². The van der Waals surface area contributed by atoms with Crippen LogP contribution in [0.15, 0.2) is 10.7 Å². The van der Waals surface area contributed by atoms with E-state index in [9.17, 15) is 4.79 Å². The van der Waals surface area contributed by atoms with Crippen molar-refractivity contribution in [1.82, 2.24) is 9.78 Å². The molecule has 1 atom stereocenters. The number of hydrogen-bond acceptors (Lipinski definition) is 3. The number of Topliss-reactive ketones (excluding diaryl/α,β-unsaturated/α-hetero) is 1. The second-order valence-corrected chi connectivity index (χ2v) is 5.50. The van der Waals surface area contributed by atoms with Crippen LogP contribution >= 0.6 is 27.7 Å². The smallest absolute Gasteiger partial charge is 0.194 e. The van der Waals surface area contributed by atoms with E-state index in [1.165, 1.54) is 0 Å². The molecule has 1 fully saturated rings. The van der Waals surface area contributed by atoms with Crippen LogP contribution in [-0.2, 0) is 7.05 Å². The van der Waals surface area contributed by atoms with Gasteiger partial charge in [-0.05, 0) is 34.5 Å². The van der Waals surface area contributed by atoms with Crippen molar-refractivity contribution in [2.75, 3.05) is 5.75 Å². The topological polar surface area (TPSA) is 34.9 Å². The summed E-state index contributed by atoms with van der Waals surface area (Å²) in [4.78, 5) is 12.0. The minimum Gasteiger partial charge on any atom is -0.291 e. The Labute approximate surface area is 95.4 Å². The molecule has 76 valence electrons. The van der Waals surface area contributed by atoms with Gasteiger partial charge in [0.15, 0.2) is 5.78 Å². The standard InChI is InChI=1S/C9H11BrN2OS/c1-12-8(6(10)5-11-12)9(13)7-3-2-4-14-7/h5,7H,2-4H2,1H3. The Hall–Kier alpha value is -0.290. The van der Waals surface area contributed by atoms with Gasteiger partial charge in [0.25, 0.3) is 0 Å². The highest BCUT2D eigenvalue weighted by Crippen LogP contribution is 2.30. The molecule has 1 saturated heterocycles. The van der Waals surface area contributed by atoms with Crippen LogP contribution in [0.3, 0.4) is 0 Å². The molecule has 1 unspecified atom stereocenters. The van der Waals surface area contributed by atoms with E-state index in [4.69, 9.17) is 0 Å². The van der Waals surface area contributed by atoms with Crippen molar-refractivity contribution >= 4 is 33.5 Å². The fraction of sp³-hybridized carbons (Fsp3) is 0.556. The molecule has 0 N–H and O–H groups in total. The molecule has 1 aromatic heterocycles. The van der Waals surface area contributed by atoms with Gasteiger partial charge >= 0.3 is 0 Å². The third-order valence-corrected chi connectivity index (χ3v) is 4.31. The van der Waals surface area contributed by atoms with E-state index in [-0.39, 0.29) is 11.0 Å². The van der Waals surface area contributed by atoms with Crippen LogP contribution in [0, 0.1) is 0 Å². The van der Waals surface area contributed by atoms with Crippen molar-refractivity contribution in [3.63, 3.8) is 0 Å². The molecule has 5 heteroatoms. The zero-order valence-corrected chi connectivity index (χ0v) is 10.3. The van der Waals surface area contributed by atoms with Crippen molar-refractivity contribution in [3.05, 3.63) is 16.4 Å². The van der Waals surface area contributed by atoms with Gasteiger partial charge < -0.3 is 0 Å². The number of halogens is 1. The highest BCUT2D eigenvalue weighted by molar-refractivity contribution is 9.10. The van der Waals surface area contributed by atoms with Gasteiger partial charge in [0.1, 0.15) is 5.69 Å². The Kier molecular flexibility index (Phi) is 2.97. The molecule has 1 aliphatic rings. The van der Waals surface area contributed by atoms with Crippen molar-refractivity contribution in [2.45, 2.75) is 18.1 Å². The Balaban J connectivity index is 2.25. The molecule has 0 aliphatic carbocycles. The molecule has 1 aromatic rings. The maximum absolute atomic E-state index is 12.0. The molecule has 2 heterocycles. The maximum atomic E-state index is 12.0. The summed E-state index contributed by atoms with van der Waals surface area (Å²) in [7, 11) is 1.80. The highest BCUT2D eigenvalue weighted by atomic mass is 79.9. The van der Waals surface area contributed by atoms with Crippen molar-refractivity contribution in [3.8, 4) is 0 Å². The van der Waals surface area contributed by atoms with Crippen molar-refractivity contribution in [2.24, 2.45) is 7.05 Å². The number of ketones is 1. The second-order valence-electron chi connectivity index (χ2n) is 3.33. The third kappa shape index (κ3) is 1.75. The zero-order valence-electron chi connectivity index (χ0n) is 7.86. The normalized spacial score (nSPS) is 21.4. The summed E-state index contributed by atoms with van der Waals surface area (Å²) in [5.41, 5.74) is 0.699. The number of carbonyl (C=O) groups excluding carboxylic acids is 1. The van der Waals surface area contributed by atoms with Gasteiger partial charge in [-0.3, -0.25) is 9.48 Å². The Morgan fingerprint density at radius 1 is 1.79 bits per heavy atom. The Bertz CT molecular complexity index is 338. The molecule has 0 spiro atoms. The minimum absolute atomic E-state index is 0.140. The van der Waals surface area contributed by atoms with Crippen LogP contribution < -0.4 is 0 Å². The number of aryl methyl sites for hydroxylation is 1. The maximum Gasteiger partial charge on any atom is 0.194 e. The fourth-order valence-corrected chi connectivity index (χ4v) is 3.38. The first-order valence-electron chi connectivity index (χ1n) is 4.53. The van der Waals surface area contributed by atoms with Crippen LogP contribution in [0.4, 0.5) is 0 Å². The first kappa shape index (κ1) is 10.2. The summed E-state index contributed by atoms with van der Waals surface area (Å²) in [5.74, 6) is 1.31. The van der Waals surface area contributed by atoms with E-state index in [1.54, 1.807) is 29.7 Å². The summed E-state index contributed by atoms with van der Waals surface area (Å²) in [6, 6.07) is 0. The molecule has 0 aromatic carbocycles.